The number of nitrogens with one attached hydrogen (secondary N) is 1. The molecule has 0 unspecified atom stereocenters. The first kappa shape index (κ1) is 8.63. The van der Waals surface area contributed by atoms with Crippen LogP contribution in [0.1, 0.15) is 12.8 Å². The summed E-state index contributed by atoms with van der Waals surface area (Å²) in [6.07, 6.45) is 6.82. The molecule has 0 bridgehead atoms. The summed E-state index contributed by atoms with van der Waals surface area (Å²) in [7, 11) is 0. The highest BCUT2D eigenvalue weighted by Crippen LogP contribution is 2.05. The van der Waals surface area contributed by atoms with Crippen molar-refractivity contribution in [2.75, 3.05) is 31.6 Å². The summed E-state index contributed by atoms with van der Waals surface area (Å²) in [5.41, 5.74) is 3.33. The predicted octanol–water partition coefficient (Wildman–Crippen LogP) is 1.13. The van der Waals surface area contributed by atoms with Gasteiger partial charge in [0.15, 0.2) is 0 Å². The topological polar surface area (TPSA) is 20.2 Å². The average Bonchev–Trinajstić information content (AvgIpc) is 2.75. The van der Waals surface area contributed by atoms with Crippen LogP contribution in [0.2, 0.25) is 0 Å². The van der Waals surface area contributed by atoms with Gasteiger partial charge >= 0.3 is 0 Å². The molecule has 0 aliphatic carbocycles. The Labute approximate surface area is 79.3 Å². The van der Waals surface area contributed by atoms with E-state index in [-0.39, 0.29) is 0 Å². The van der Waals surface area contributed by atoms with Crippen molar-refractivity contribution in [2.45, 2.75) is 12.8 Å². The summed E-state index contributed by atoms with van der Waals surface area (Å²) in [6, 6.07) is 4.06. The van der Waals surface area contributed by atoms with Gasteiger partial charge in [0, 0.05) is 25.5 Å². The van der Waals surface area contributed by atoms with Crippen LogP contribution in [0.4, 0.5) is 0 Å². The largest absolute Gasteiger partial charge is 0.325 e. The Morgan fingerprint density at radius 3 is 2.46 bits per heavy atom. The van der Waals surface area contributed by atoms with Crippen molar-refractivity contribution in [3.8, 4) is 0 Å². The molecule has 1 N–H and O–H groups in total. The highest BCUT2D eigenvalue weighted by atomic mass is 15.4. The second-order valence-corrected chi connectivity index (χ2v) is 3.55. The van der Waals surface area contributed by atoms with E-state index >= 15 is 0 Å². The Bertz CT molecular complexity index is 224. The Morgan fingerprint density at radius 2 is 1.77 bits per heavy atom. The molecule has 72 valence electrons. The van der Waals surface area contributed by atoms with Gasteiger partial charge < -0.3 is 10.3 Å². The number of aromatic nitrogens is 1. The molecular weight excluding hydrogens is 162 g/mol. The van der Waals surface area contributed by atoms with Crippen molar-refractivity contribution in [3.05, 3.63) is 24.5 Å². The maximum Gasteiger partial charge on any atom is 0.0441 e. The van der Waals surface area contributed by atoms with E-state index in [1.807, 2.05) is 29.2 Å². The molecule has 3 nitrogen and oxygen atoms in total. The van der Waals surface area contributed by atoms with Crippen LogP contribution in [0, 0.1) is 0 Å². The fourth-order valence-corrected chi connectivity index (χ4v) is 1.78. The van der Waals surface area contributed by atoms with Crippen molar-refractivity contribution in [1.29, 1.82) is 0 Å². The summed E-state index contributed by atoms with van der Waals surface area (Å²) in [5, 5.41) is 0. The number of hydrogen-bond donors (Lipinski definition) is 1. The summed E-state index contributed by atoms with van der Waals surface area (Å²) in [5.74, 6) is 0. The first-order valence-corrected chi connectivity index (χ1v) is 5.04. The molecule has 1 aliphatic rings. The molecule has 0 aromatic carbocycles. The lowest BCUT2D eigenvalue weighted by molar-refractivity contribution is 0.349. The third kappa shape index (κ3) is 2.49. The van der Waals surface area contributed by atoms with Gasteiger partial charge in [0.1, 0.15) is 0 Å². The van der Waals surface area contributed by atoms with Gasteiger partial charge in [0.05, 0.1) is 0 Å². The van der Waals surface area contributed by atoms with Gasteiger partial charge in [-0.15, -0.1) is 0 Å². The summed E-state index contributed by atoms with van der Waals surface area (Å²) in [6.45, 7) is 4.77. The van der Waals surface area contributed by atoms with Crippen molar-refractivity contribution in [2.24, 2.45) is 0 Å². The summed E-state index contributed by atoms with van der Waals surface area (Å²) < 4.78 is 2.01. The normalized spacial score (nSPS) is 17.8. The van der Waals surface area contributed by atoms with Crippen LogP contribution >= 0.6 is 0 Å². The van der Waals surface area contributed by atoms with E-state index in [2.05, 4.69) is 10.3 Å². The molecule has 1 fully saturated rings. The lowest BCUT2D eigenvalue weighted by Crippen LogP contribution is -2.28. The minimum atomic E-state index is 1.04. The van der Waals surface area contributed by atoms with E-state index < -0.39 is 0 Å². The zero-order valence-electron chi connectivity index (χ0n) is 7.95. The van der Waals surface area contributed by atoms with Gasteiger partial charge in [-0.2, -0.15) is 0 Å². The lowest BCUT2D eigenvalue weighted by Gasteiger charge is -2.15. The maximum atomic E-state index is 3.33. The van der Waals surface area contributed by atoms with Gasteiger partial charge in [-0.1, -0.05) is 0 Å². The zero-order chi connectivity index (χ0) is 8.93. The number of rotatable bonds is 4. The molecule has 0 spiro atoms. The fourth-order valence-electron chi connectivity index (χ4n) is 1.78. The third-order valence-electron chi connectivity index (χ3n) is 2.53. The Balaban J connectivity index is 1.63. The fraction of sp³-hybridized carbons (Fsp3) is 0.600. The molecule has 2 heterocycles. The Morgan fingerprint density at radius 1 is 1.08 bits per heavy atom. The van der Waals surface area contributed by atoms with Gasteiger partial charge in [-0.05, 0) is 38.1 Å². The monoisotopic (exact) mass is 179 g/mol. The molecule has 2 rings (SSSR count). The van der Waals surface area contributed by atoms with Gasteiger partial charge in [0.25, 0.3) is 0 Å². The molecule has 13 heavy (non-hydrogen) atoms. The van der Waals surface area contributed by atoms with Crippen molar-refractivity contribution >= 4 is 0 Å². The second kappa shape index (κ2) is 4.33. The molecule has 1 aromatic heterocycles. The Kier molecular flexibility index (Phi) is 2.87. The van der Waals surface area contributed by atoms with Crippen molar-refractivity contribution in [3.63, 3.8) is 0 Å². The van der Waals surface area contributed by atoms with E-state index in [9.17, 15) is 0 Å². The number of likely N-dealkylation sites (tertiary alicyclic amines) is 1. The predicted molar refractivity (Wildman–Crippen MR) is 54.3 cm³/mol. The number of nitrogens with zero attached hydrogens (tertiary/aromatic N) is 2. The van der Waals surface area contributed by atoms with E-state index in [0.29, 0.717) is 0 Å². The van der Waals surface area contributed by atoms with Crippen LogP contribution in [0.15, 0.2) is 24.5 Å². The second-order valence-electron chi connectivity index (χ2n) is 3.55. The maximum absolute atomic E-state index is 3.33. The molecule has 1 saturated heterocycles. The minimum Gasteiger partial charge on any atom is -0.325 e. The van der Waals surface area contributed by atoms with Crippen LogP contribution in [0.5, 0.6) is 0 Å². The summed E-state index contributed by atoms with van der Waals surface area (Å²) in [4.78, 5) is 2.51. The standard InChI is InChI=1S/C10H17N3/c1-2-7-12(6-1)10-5-11-13-8-3-4-9-13/h3-4,8-9,11H,1-2,5-7,10H2. The molecule has 0 atom stereocenters. The minimum absolute atomic E-state index is 1.04. The van der Waals surface area contributed by atoms with Crippen molar-refractivity contribution < 1.29 is 0 Å². The molecule has 1 aromatic rings. The van der Waals surface area contributed by atoms with Gasteiger partial charge in [-0.25, -0.2) is 0 Å². The third-order valence-corrected chi connectivity index (χ3v) is 2.53. The molecule has 0 amide bonds. The van der Waals surface area contributed by atoms with Gasteiger partial charge in [-0.3, -0.25) is 4.68 Å². The van der Waals surface area contributed by atoms with E-state index in [1.165, 1.54) is 25.9 Å². The zero-order valence-corrected chi connectivity index (χ0v) is 7.95. The lowest BCUT2D eigenvalue weighted by atomic mass is 10.4. The van der Waals surface area contributed by atoms with Crippen LogP contribution in [-0.2, 0) is 0 Å². The van der Waals surface area contributed by atoms with E-state index in [1.54, 1.807) is 0 Å². The van der Waals surface area contributed by atoms with Crippen LogP contribution in [-0.4, -0.2) is 35.8 Å². The molecule has 0 radical (unpaired) electrons. The first-order valence-electron chi connectivity index (χ1n) is 5.04. The van der Waals surface area contributed by atoms with Crippen molar-refractivity contribution in [1.82, 2.24) is 9.58 Å². The highest BCUT2D eigenvalue weighted by Gasteiger charge is 2.09. The molecular formula is C10H17N3. The van der Waals surface area contributed by atoms with Crippen LogP contribution < -0.4 is 5.43 Å². The van der Waals surface area contributed by atoms with E-state index in [4.69, 9.17) is 0 Å². The molecule has 0 saturated carbocycles. The van der Waals surface area contributed by atoms with Gasteiger partial charge in [0.2, 0.25) is 0 Å². The quantitative estimate of drug-likeness (QED) is 0.747. The average molecular weight is 179 g/mol. The molecule has 3 heteroatoms. The number of hydrogen-bond acceptors (Lipinski definition) is 2. The van der Waals surface area contributed by atoms with Crippen LogP contribution in [0.25, 0.3) is 0 Å². The SMILES string of the molecule is c1ccn(NCCN2CCCC2)c1. The smallest absolute Gasteiger partial charge is 0.0441 e. The highest BCUT2D eigenvalue weighted by molar-refractivity contribution is 4.93. The summed E-state index contributed by atoms with van der Waals surface area (Å²) >= 11 is 0. The van der Waals surface area contributed by atoms with Crippen LogP contribution in [0.3, 0.4) is 0 Å². The van der Waals surface area contributed by atoms with E-state index in [0.717, 1.165) is 13.1 Å². The first-order chi connectivity index (χ1) is 6.45. The Hall–Kier alpha value is -0.960. The molecule has 1 aliphatic heterocycles.